The van der Waals surface area contributed by atoms with E-state index in [1.165, 1.54) is 18.2 Å². The number of anilines is 2. The molecule has 2 N–H and O–H groups in total. The molecule has 2 aromatic carbocycles. The van der Waals surface area contributed by atoms with Crippen molar-refractivity contribution in [3.05, 3.63) is 59.2 Å². The normalized spacial score (nSPS) is 16.4. The number of nitrogens with zero attached hydrogens (tertiary/aromatic N) is 2. The van der Waals surface area contributed by atoms with Crippen LogP contribution in [0.1, 0.15) is 48.5 Å². The minimum absolute atomic E-state index is 0.0755. The second-order valence-electron chi connectivity index (χ2n) is 9.49. The highest BCUT2D eigenvalue weighted by atomic mass is 19.1. The Morgan fingerprint density at radius 1 is 1.11 bits per heavy atom. The standard InChI is InChI=1S/C27H32F2N4O4/c1-3-37-25(35)8-11-30-22-14-18(4-6-21(22)29)17-31-26(36)33-12-9-27(10-13-33)16-24(34)20-15-19(28)5-7-23(20)32(27)2/h4-7,14-15,30H,3,8-13,16-17H2,1-2H3,(H,31,36). The third kappa shape index (κ3) is 5.84. The molecule has 2 aliphatic heterocycles. The molecule has 37 heavy (non-hydrogen) atoms. The molecule has 1 spiro atoms. The molecule has 0 aliphatic carbocycles. The molecule has 0 radical (unpaired) electrons. The number of halogens is 2. The predicted octanol–water partition coefficient (Wildman–Crippen LogP) is 4.10. The number of carbonyl (C=O) groups excluding carboxylic acids is 3. The first kappa shape index (κ1) is 26.4. The largest absolute Gasteiger partial charge is 0.466 e. The number of esters is 1. The van der Waals surface area contributed by atoms with Crippen LogP contribution < -0.4 is 15.5 Å². The summed E-state index contributed by atoms with van der Waals surface area (Å²) in [6, 6.07) is 8.59. The molecule has 1 fully saturated rings. The van der Waals surface area contributed by atoms with E-state index in [4.69, 9.17) is 4.74 Å². The molecule has 1 saturated heterocycles. The molecule has 8 nitrogen and oxygen atoms in total. The number of benzene rings is 2. The Kier molecular flexibility index (Phi) is 7.94. The zero-order valence-electron chi connectivity index (χ0n) is 21.1. The average molecular weight is 515 g/mol. The van der Waals surface area contributed by atoms with E-state index >= 15 is 0 Å². The van der Waals surface area contributed by atoms with Crippen molar-refractivity contribution in [1.29, 1.82) is 0 Å². The second-order valence-corrected chi connectivity index (χ2v) is 9.49. The minimum atomic E-state index is -0.448. The van der Waals surface area contributed by atoms with Gasteiger partial charge in [0.1, 0.15) is 11.6 Å². The molecule has 0 bridgehead atoms. The van der Waals surface area contributed by atoms with E-state index < -0.39 is 17.2 Å². The lowest BCUT2D eigenvalue weighted by Crippen LogP contribution is -2.59. The lowest BCUT2D eigenvalue weighted by Gasteiger charge is -2.50. The van der Waals surface area contributed by atoms with E-state index in [1.807, 2.05) is 7.05 Å². The fourth-order valence-electron chi connectivity index (χ4n) is 5.07. The Labute approximate surface area is 214 Å². The van der Waals surface area contributed by atoms with Crippen LogP contribution in [0.5, 0.6) is 0 Å². The zero-order valence-corrected chi connectivity index (χ0v) is 21.1. The van der Waals surface area contributed by atoms with E-state index in [0.717, 1.165) is 5.69 Å². The third-order valence-corrected chi connectivity index (χ3v) is 7.23. The van der Waals surface area contributed by atoms with Crippen molar-refractivity contribution in [1.82, 2.24) is 10.2 Å². The highest BCUT2D eigenvalue weighted by Crippen LogP contribution is 2.42. The van der Waals surface area contributed by atoms with E-state index in [0.29, 0.717) is 43.7 Å². The van der Waals surface area contributed by atoms with Gasteiger partial charge in [0, 0.05) is 50.9 Å². The highest BCUT2D eigenvalue weighted by molar-refractivity contribution is 6.04. The lowest BCUT2D eigenvalue weighted by atomic mass is 9.77. The lowest BCUT2D eigenvalue weighted by molar-refractivity contribution is -0.142. The summed E-state index contributed by atoms with van der Waals surface area (Å²) < 4.78 is 32.7. The van der Waals surface area contributed by atoms with Gasteiger partial charge in [-0.1, -0.05) is 6.07 Å². The molecule has 10 heteroatoms. The van der Waals surface area contributed by atoms with Gasteiger partial charge >= 0.3 is 12.0 Å². The number of nitrogens with one attached hydrogen (secondary N) is 2. The van der Waals surface area contributed by atoms with Gasteiger partial charge < -0.3 is 25.2 Å². The zero-order chi connectivity index (χ0) is 26.6. The van der Waals surface area contributed by atoms with E-state index in [1.54, 1.807) is 30.0 Å². The SMILES string of the molecule is CCOC(=O)CCNc1cc(CNC(=O)N2CCC3(CC2)CC(=O)c2cc(F)ccc2N3C)ccc1F. The number of ketones is 1. The van der Waals surface area contributed by atoms with Gasteiger partial charge in [-0.25, -0.2) is 13.6 Å². The molecular weight excluding hydrogens is 482 g/mol. The third-order valence-electron chi connectivity index (χ3n) is 7.23. The van der Waals surface area contributed by atoms with Crippen molar-refractivity contribution in [2.45, 2.75) is 44.7 Å². The molecule has 0 unspecified atom stereocenters. The number of fused-ring (bicyclic) bond motifs is 1. The fourth-order valence-corrected chi connectivity index (χ4v) is 5.07. The second kappa shape index (κ2) is 11.1. The number of ether oxygens (including phenoxy) is 1. The first-order valence-corrected chi connectivity index (χ1v) is 12.5. The molecule has 2 aliphatic rings. The summed E-state index contributed by atoms with van der Waals surface area (Å²) >= 11 is 0. The topological polar surface area (TPSA) is 91.0 Å². The molecule has 2 amide bonds. The van der Waals surface area contributed by atoms with Crippen molar-refractivity contribution < 1.29 is 27.9 Å². The van der Waals surface area contributed by atoms with E-state index in [-0.39, 0.29) is 49.4 Å². The number of Topliss-reactive ketones (excluding diaryl/α,β-unsaturated/α-hetero) is 1. The number of carbonyl (C=O) groups is 3. The van der Waals surface area contributed by atoms with E-state index in [9.17, 15) is 23.2 Å². The highest BCUT2D eigenvalue weighted by Gasteiger charge is 2.45. The summed E-state index contributed by atoms with van der Waals surface area (Å²) in [5.74, 6) is -1.31. The summed E-state index contributed by atoms with van der Waals surface area (Å²) in [5, 5.41) is 5.77. The fraction of sp³-hybridized carbons (Fsp3) is 0.444. The van der Waals surface area contributed by atoms with Crippen molar-refractivity contribution >= 4 is 29.2 Å². The van der Waals surface area contributed by atoms with Crippen LogP contribution in [0.3, 0.4) is 0 Å². The number of hydrogen-bond acceptors (Lipinski definition) is 6. The summed E-state index contributed by atoms with van der Waals surface area (Å²) in [7, 11) is 1.92. The first-order valence-electron chi connectivity index (χ1n) is 12.5. The van der Waals surface area contributed by atoms with Gasteiger partial charge in [0.25, 0.3) is 0 Å². The van der Waals surface area contributed by atoms with Crippen LogP contribution in [0.4, 0.5) is 25.0 Å². The molecule has 2 heterocycles. The van der Waals surface area contributed by atoms with Crippen LogP contribution in [0, 0.1) is 11.6 Å². The Hall–Kier alpha value is -3.69. The van der Waals surface area contributed by atoms with Crippen LogP contribution in [0.25, 0.3) is 0 Å². The number of urea groups is 1. The van der Waals surface area contributed by atoms with Crippen LogP contribution in [0.2, 0.25) is 0 Å². The van der Waals surface area contributed by atoms with Gasteiger partial charge in [-0.2, -0.15) is 0 Å². The maximum Gasteiger partial charge on any atom is 0.317 e. The van der Waals surface area contributed by atoms with Crippen molar-refractivity contribution in [2.75, 3.05) is 43.5 Å². The van der Waals surface area contributed by atoms with Crippen molar-refractivity contribution in [3.8, 4) is 0 Å². The Bertz CT molecular complexity index is 1180. The molecule has 0 saturated carbocycles. The Morgan fingerprint density at radius 2 is 1.86 bits per heavy atom. The maximum absolute atomic E-state index is 14.2. The quantitative estimate of drug-likeness (QED) is 0.541. The summed E-state index contributed by atoms with van der Waals surface area (Å²) in [6.45, 7) is 3.42. The smallest absolute Gasteiger partial charge is 0.317 e. The van der Waals surface area contributed by atoms with Crippen LogP contribution in [-0.4, -0.2) is 61.5 Å². The van der Waals surface area contributed by atoms with Crippen molar-refractivity contribution in [3.63, 3.8) is 0 Å². The summed E-state index contributed by atoms with van der Waals surface area (Å²) in [4.78, 5) is 40.9. The number of hydrogen-bond donors (Lipinski definition) is 2. The number of amides is 2. The molecule has 198 valence electrons. The van der Waals surface area contributed by atoms with Gasteiger partial charge in [0.05, 0.1) is 24.3 Å². The van der Waals surface area contributed by atoms with E-state index in [2.05, 4.69) is 15.5 Å². The number of piperidine rings is 1. The van der Waals surface area contributed by atoms with Crippen LogP contribution >= 0.6 is 0 Å². The van der Waals surface area contributed by atoms with Gasteiger partial charge in [0.15, 0.2) is 5.78 Å². The van der Waals surface area contributed by atoms with Gasteiger partial charge in [-0.05, 0) is 55.7 Å². The Balaban J connectivity index is 1.30. The number of rotatable bonds is 7. The predicted molar refractivity (Wildman–Crippen MR) is 136 cm³/mol. The van der Waals surface area contributed by atoms with Crippen LogP contribution in [-0.2, 0) is 16.1 Å². The van der Waals surface area contributed by atoms with Crippen LogP contribution in [0.15, 0.2) is 36.4 Å². The summed E-state index contributed by atoms with van der Waals surface area (Å²) in [6.07, 6.45) is 1.64. The monoisotopic (exact) mass is 514 g/mol. The molecule has 0 atom stereocenters. The van der Waals surface area contributed by atoms with Crippen molar-refractivity contribution in [2.24, 2.45) is 0 Å². The number of likely N-dealkylation sites (tertiary alicyclic amines) is 1. The van der Waals surface area contributed by atoms with Gasteiger partial charge in [-0.15, -0.1) is 0 Å². The molecule has 2 aromatic rings. The molecule has 0 aromatic heterocycles. The minimum Gasteiger partial charge on any atom is -0.466 e. The Morgan fingerprint density at radius 3 is 2.59 bits per heavy atom. The maximum atomic E-state index is 14.2. The molecule has 4 rings (SSSR count). The van der Waals surface area contributed by atoms with Gasteiger partial charge in [-0.3, -0.25) is 9.59 Å². The van der Waals surface area contributed by atoms with Gasteiger partial charge in [0.2, 0.25) is 0 Å². The average Bonchev–Trinajstić information content (AvgIpc) is 2.88. The molecular formula is C27H32F2N4O4. The first-order chi connectivity index (χ1) is 17.7. The summed E-state index contributed by atoms with van der Waals surface area (Å²) in [5.41, 5.74) is 1.69.